The number of carboxylic acids is 2. The molecule has 4 rings (SSSR count). The molecule has 4 N–H and O–H groups in total. The minimum absolute atomic E-state index is 0.0261. The first-order valence-electron chi connectivity index (χ1n) is 21.5. The van der Waals surface area contributed by atoms with Gasteiger partial charge >= 0.3 is 23.9 Å². The molecule has 2 aliphatic heterocycles. The Bertz CT molecular complexity index is 1500. The lowest BCUT2D eigenvalue weighted by Crippen LogP contribution is -2.25. The van der Waals surface area contributed by atoms with Crippen molar-refractivity contribution in [3.63, 3.8) is 0 Å². The van der Waals surface area contributed by atoms with Crippen LogP contribution in [0.3, 0.4) is 0 Å². The van der Waals surface area contributed by atoms with Gasteiger partial charge in [0.05, 0.1) is 36.3 Å². The molecule has 0 spiro atoms. The number of esters is 2. The molecule has 0 aromatic carbocycles. The number of carboxylic acid groups (broad SMARTS) is 2. The Morgan fingerprint density at radius 3 is 1.44 bits per heavy atom. The fourth-order valence-corrected chi connectivity index (χ4v) is 8.00. The summed E-state index contributed by atoms with van der Waals surface area (Å²) in [5, 5.41) is 24.7. The molecule has 2 heterocycles. The molecule has 6 atom stereocenters. The number of hydrogen-bond donors (Lipinski definition) is 4. The minimum Gasteiger partial charge on any atom is -0.478 e. The van der Waals surface area contributed by atoms with Gasteiger partial charge in [-0.15, -0.1) is 0 Å². The van der Waals surface area contributed by atoms with Crippen LogP contribution in [0.25, 0.3) is 0 Å². The molecule has 0 aromatic rings. The number of nitrogens with one attached hydrogen (secondary N) is 2. The predicted molar refractivity (Wildman–Crippen MR) is 219 cm³/mol. The van der Waals surface area contributed by atoms with Crippen molar-refractivity contribution in [3.8, 4) is 0 Å². The topological polar surface area (TPSA) is 210 Å². The number of amides is 2. The zero-order valence-electron chi connectivity index (χ0n) is 35.1. The highest BCUT2D eigenvalue weighted by atomic mass is 16.6. The molecular weight excluding hydrogens is 760 g/mol. The summed E-state index contributed by atoms with van der Waals surface area (Å²) in [6, 6.07) is 0. The maximum atomic E-state index is 12.4. The Balaban J connectivity index is 0.982. The third-order valence-electron chi connectivity index (χ3n) is 12.3. The summed E-state index contributed by atoms with van der Waals surface area (Å²) in [7, 11) is 0. The molecular formula is C45H66N2O12. The number of allylic oxidation sites excluding steroid dienone is 2. The van der Waals surface area contributed by atoms with Crippen LogP contribution in [0.15, 0.2) is 47.6 Å². The van der Waals surface area contributed by atoms with E-state index in [9.17, 15) is 39.0 Å². The van der Waals surface area contributed by atoms with Crippen molar-refractivity contribution in [2.75, 3.05) is 26.3 Å². The van der Waals surface area contributed by atoms with Crippen molar-refractivity contribution in [1.29, 1.82) is 0 Å². The normalized spacial score (nSPS) is 28.3. The van der Waals surface area contributed by atoms with Crippen LogP contribution in [0.1, 0.15) is 136 Å². The van der Waals surface area contributed by atoms with Crippen LogP contribution >= 0.6 is 0 Å². The number of fused-ring (bicyclic) bond motifs is 2. The van der Waals surface area contributed by atoms with Crippen LogP contribution in [0.2, 0.25) is 0 Å². The van der Waals surface area contributed by atoms with Crippen molar-refractivity contribution in [1.82, 2.24) is 10.6 Å². The lowest BCUT2D eigenvalue weighted by atomic mass is 9.84. The standard InChI is InChI=1S/C45H66N2O12/c1-30(42(52)53)34-16-14-32(12-10-22-44(3)36(26-34)58-44)28-56-40(50)20-18-38(48)46-24-8-6-5-7-9-25-47-39(49)19-21-41(51)57-29-33-13-11-23-45(4)37(59-45)27-35(17-15-33)31(2)43(54)55/h12-13,34-37H,1-2,5-11,14-29H2,3-4H3,(H,46,48)(H,47,49)(H,52,53)(H,54,55)/b32-12+,33-13+. The van der Waals surface area contributed by atoms with Crippen LogP contribution < -0.4 is 10.6 Å². The van der Waals surface area contributed by atoms with Gasteiger partial charge < -0.3 is 39.8 Å². The summed E-state index contributed by atoms with van der Waals surface area (Å²) < 4.78 is 22.7. The summed E-state index contributed by atoms with van der Waals surface area (Å²) in [6.45, 7) is 12.9. The molecule has 2 amide bonds. The van der Waals surface area contributed by atoms with E-state index < -0.39 is 23.9 Å². The average Bonchev–Trinajstić information content (AvgIpc) is 4.06. The first-order valence-corrected chi connectivity index (χ1v) is 21.5. The highest BCUT2D eigenvalue weighted by Gasteiger charge is 2.53. The fraction of sp³-hybridized carbons (Fsp3) is 0.689. The first kappa shape index (κ1) is 47.4. The van der Waals surface area contributed by atoms with Crippen LogP contribution in [-0.2, 0) is 47.7 Å². The van der Waals surface area contributed by atoms with Gasteiger partial charge in [-0.1, -0.05) is 44.6 Å². The highest BCUT2D eigenvalue weighted by Crippen LogP contribution is 2.47. The van der Waals surface area contributed by atoms with Gasteiger partial charge in [-0.05, 0) is 114 Å². The molecule has 0 bridgehead atoms. The zero-order valence-corrected chi connectivity index (χ0v) is 35.1. The van der Waals surface area contributed by atoms with Crippen molar-refractivity contribution < 1.29 is 57.9 Å². The van der Waals surface area contributed by atoms with Gasteiger partial charge in [0.2, 0.25) is 11.8 Å². The van der Waals surface area contributed by atoms with E-state index in [1.807, 2.05) is 13.8 Å². The number of carbonyl (C=O) groups excluding carboxylic acids is 4. The molecule has 2 saturated heterocycles. The third-order valence-corrected chi connectivity index (χ3v) is 12.3. The Morgan fingerprint density at radius 2 is 1.05 bits per heavy atom. The number of unbranched alkanes of at least 4 members (excludes halogenated alkanes) is 4. The third kappa shape index (κ3) is 16.3. The van der Waals surface area contributed by atoms with Crippen LogP contribution in [0, 0.1) is 11.8 Å². The van der Waals surface area contributed by atoms with E-state index in [0.29, 0.717) is 51.6 Å². The van der Waals surface area contributed by atoms with Crippen LogP contribution in [0.4, 0.5) is 0 Å². The van der Waals surface area contributed by atoms with E-state index in [2.05, 4.69) is 35.9 Å². The van der Waals surface area contributed by atoms with Gasteiger partial charge in [-0.25, -0.2) is 9.59 Å². The van der Waals surface area contributed by atoms with E-state index in [0.717, 1.165) is 68.9 Å². The molecule has 0 radical (unpaired) electrons. The second-order valence-corrected chi connectivity index (χ2v) is 17.0. The number of ether oxygens (including phenoxy) is 4. The van der Waals surface area contributed by atoms with E-state index >= 15 is 0 Å². The van der Waals surface area contributed by atoms with E-state index in [1.165, 1.54) is 0 Å². The molecule has 2 aliphatic carbocycles. The molecule has 6 unspecified atom stereocenters. The molecule has 0 saturated carbocycles. The number of epoxide rings is 2. The first-order chi connectivity index (χ1) is 28.1. The quantitative estimate of drug-likeness (QED) is 0.0306. The van der Waals surface area contributed by atoms with Crippen molar-refractivity contribution in [2.45, 2.75) is 159 Å². The van der Waals surface area contributed by atoms with Gasteiger partial charge in [0.1, 0.15) is 13.2 Å². The van der Waals surface area contributed by atoms with Crippen molar-refractivity contribution in [3.05, 3.63) is 47.6 Å². The van der Waals surface area contributed by atoms with Gasteiger partial charge in [0, 0.05) is 37.1 Å². The van der Waals surface area contributed by atoms with Gasteiger partial charge in [0.15, 0.2) is 0 Å². The molecule has 2 fully saturated rings. The maximum absolute atomic E-state index is 12.4. The summed E-state index contributed by atoms with van der Waals surface area (Å²) in [5.74, 6) is -3.79. The Morgan fingerprint density at radius 1 is 0.661 bits per heavy atom. The van der Waals surface area contributed by atoms with Crippen LogP contribution in [0.5, 0.6) is 0 Å². The lowest BCUT2D eigenvalue weighted by Gasteiger charge is -2.19. The van der Waals surface area contributed by atoms with E-state index in [1.54, 1.807) is 0 Å². The van der Waals surface area contributed by atoms with Gasteiger partial charge in [-0.3, -0.25) is 19.2 Å². The average molecular weight is 827 g/mol. The van der Waals surface area contributed by atoms with Crippen molar-refractivity contribution >= 4 is 35.7 Å². The molecule has 328 valence electrons. The molecule has 4 aliphatic rings. The number of hydrogen-bond acceptors (Lipinski definition) is 10. The number of rotatable bonds is 22. The highest BCUT2D eigenvalue weighted by molar-refractivity contribution is 5.87. The summed E-state index contributed by atoms with van der Waals surface area (Å²) in [5.41, 5.74) is 1.70. The maximum Gasteiger partial charge on any atom is 0.331 e. The number of aliphatic carboxylic acids is 2. The fourth-order valence-electron chi connectivity index (χ4n) is 8.00. The largest absolute Gasteiger partial charge is 0.478 e. The monoisotopic (exact) mass is 826 g/mol. The summed E-state index contributed by atoms with van der Waals surface area (Å²) >= 11 is 0. The smallest absolute Gasteiger partial charge is 0.331 e. The van der Waals surface area contributed by atoms with Gasteiger partial charge in [-0.2, -0.15) is 0 Å². The van der Waals surface area contributed by atoms with Crippen LogP contribution in [-0.4, -0.2) is 95.6 Å². The molecule has 0 aromatic heterocycles. The van der Waals surface area contributed by atoms with E-state index in [4.69, 9.17) is 18.9 Å². The SMILES string of the molecule is C=C(C(=O)O)C1CC/C(COC(=O)CCC(=O)NCCCCCCCNC(=O)CCC(=O)OC/C2=C/CCC3(C)OC3CC(C(=C)C(=O)O)CC2)=C\CCC2(C)OC2C1. The minimum atomic E-state index is -1.01. The Kier molecular flexibility index (Phi) is 18.4. The molecule has 59 heavy (non-hydrogen) atoms. The van der Waals surface area contributed by atoms with E-state index in [-0.39, 0.29) is 97.1 Å². The summed E-state index contributed by atoms with van der Waals surface area (Å²) in [6.07, 6.45) is 15.3. The Labute approximate surface area is 348 Å². The van der Waals surface area contributed by atoms with Gasteiger partial charge in [0.25, 0.3) is 0 Å². The Hall–Kier alpha value is -4.30. The predicted octanol–water partition coefficient (Wildman–Crippen LogP) is 6.43. The second-order valence-electron chi connectivity index (χ2n) is 17.0. The summed E-state index contributed by atoms with van der Waals surface area (Å²) in [4.78, 5) is 72.6. The lowest BCUT2D eigenvalue weighted by molar-refractivity contribution is -0.144. The molecule has 14 heteroatoms. The van der Waals surface area contributed by atoms with Crippen molar-refractivity contribution in [2.24, 2.45) is 11.8 Å². The number of carbonyl (C=O) groups is 6. The zero-order chi connectivity index (χ0) is 43.0. The second kappa shape index (κ2) is 22.9. The molecule has 14 nitrogen and oxygen atoms in total.